The van der Waals surface area contributed by atoms with Crippen molar-refractivity contribution in [2.45, 2.75) is 31.8 Å². The molecule has 1 aliphatic rings. The SMILES string of the molecule is CCC1(CC=CCl)[CH]CCO1. The van der Waals surface area contributed by atoms with E-state index in [2.05, 4.69) is 13.3 Å². The predicted molar refractivity (Wildman–Crippen MR) is 47.5 cm³/mol. The molecule has 1 radical (unpaired) electrons. The maximum atomic E-state index is 5.63. The molecule has 1 aliphatic heterocycles. The van der Waals surface area contributed by atoms with Crippen molar-refractivity contribution >= 4 is 11.6 Å². The summed E-state index contributed by atoms with van der Waals surface area (Å²) in [4.78, 5) is 0. The van der Waals surface area contributed by atoms with E-state index < -0.39 is 0 Å². The monoisotopic (exact) mass is 173 g/mol. The molecule has 1 heterocycles. The van der Waals surface area contributed by atoms with E-state index in [0.717, 1.165) is 25.9 Å². The quantitative estimate of drug-likeness (QED) is 0.638. The average Bonchev–Trinajstić information content (AvgIpc) is 2.50. The van der Waals surface area contributed by atoms with Gasteiger partial charge in [0.25, 0.3) is 0 Å². The van der Waals surface area contributed by atoms with Crippen LogP contribution >= 0.6 is 11.6 Å². The standard InChI is InChI=1S/C9H14ClO/c1-2-9(5-3-7-10)6-4-8-11-9/h3,6-7H,2,4-5,8H2,1H3. The Bertz CT molecular complexity index is 136. The maximum Gasteiger partial charge on any atom is 0.0747 e. The molecule has 0 bridgehead atoms. The molecular formula is C9H14ClO. The number of ether oxygens (including phenoxy) is 1. The lowest BCUT2D eigenvalue weighted by atomic mass is 9.93. The fraction of sp³-hybridized carbons (Fsp3) is 0.667. The Morgan fingerprint density at radius 1 is 1.73 bits per heavy atom. The number of hydrogen-bond donors (Lipinski definition) is 0. The molecule has 11 heavy (non-hydrogen) atoms. The Morgan fingerprint density at radius 3 is 3.00 bits per heavy atom. The van der Waals surface area contributed by atoms with Gasteiger partial charge in [0, 0.05) is 12.1 Å². The molecule has 1 unspecified atom stereocenters. The fourth-order valence-electron chi connectivity index (χ4n) is 1.42. The van der Waals surface area contributed by atoms with Crippen molar-refractivity contribution in [3.8, 4) is 0 Å². The van der Waals surface area contributed by atoms with Gasteiger partial charge in [0.05, 0.1) is 5.60 Å². The molecule has 1 fully saturated rings. The third-order valence-electron chi connectivity index (χ3n) is 2.17. The minimum absolute atomic E-state index is 0.00854. The average molecular weight is 174 g/mol. The van der Waals surface area contributed by atoms with E-state index in [-0.39, 0.29) is 5.60 Å². The van der Waals surface area contributed by atoms with Gasteiger partial charge in [-0.05, 0) is 25.7 Å². The Morgan fingerprint density at radius 2 is 2.55 bits per heavy atom. The highest BCUT2D eigenvalue weighted by atomic mass is 35.5. The van der Waals surface area contributed by atoms with Crippen LogP contribution in [-0.4, -0.2) is 12.2 Å². The molecule has 2 heteroatoms. The molecule has 63 valence electrons. The van der Waals surface area contributed by atoms with Crippen LogP contribution in [-0.2, 0) is 4.74 Å². The Hall–Kier alpha value is -0.0100. The summed E-state index contributed by atoms with van der Waals surface area (Å²) in [6.07, 6.45) is 7.22. The van der Waals surface area contributed by atoms with Crippen molar-refractivity contribution in [3.05, 3.63) is 18.0 Å². The minimum Gasteiger partial charge on any atom is -0.374 e. The van der Waals surface area contributed by atoms with E-state index in [1.54, 1.807) is 5.54 Å². The fourth-order valence-corrected chi connectivity index (χ4v) is 1.51. The third kappa shape index (κ3) is 2.21. The summed E-state index contributed by atoms with van der Waals surface area (Å²) in [7, 11) is 0. The summed E-state index contributed by atoms with van der Waals surface area (Å²) in [5.41, 5.74) is 1.55. The first-order chi connectivity index (χ1) is 5.33. The van der Waals surface area contributed by atoms with Gasteiger partial charge in [-0.3, -0.25) is 0 Å². The van der Waals surface area contributed by atoms with Crippen molar-refractivity contribution in [2.24, 2.45) is 0 Å². The van der Waals surface area contributed by atoms with Gasteiger partial charge < -0.3 is 4.74 Å². The van der Waals surface area contributed by atoms with Gasteiger partial charge in [-0.25, -0.2) is 0 Å². The first-order valence-corrected chi connectivity index (χ1v) is 4.50. The van der Waals surface area contributed by atoms with Crippen LogP contribution in [0.2, 0.25) is 0 Å². The van der Waals surface area contributed by atoms with Crippen LogP contribution in [0.4, 0.5) is 0 Å². The summed E-state index contributed by atoms with van der Waals surface area (Å²) in [6.45, 7) is 3.01. The molecule has 1 atom stereocenters. The van der Waals surface area contributed by atoms with Crippen LogP contribution in [0.15, 0.2) is 11.6 Å². The summed E-state index contributed by atoms with van der Waals surface area (Å²) in [5, 5.41) is 0. The van der Waals surface area contributed by atoms with Crippen LogP contribution in [0.3, 0.4) is 0 Å². The van der Waals surface area contributed by atoms with E-state index in [1.165, 1.54) is 0 Å². The molecule has 0 aromatic heterocycles. The summed E-state index contributed by atoms with van der Waals surface area (Å²) in [5.74, 6) is 0. The molecule has 0 saturated carbocycles. The molecule has 0 N–H and O–H groups in total. The highest BCUT2D eigenvalue weighted by Gasteiger charge is 2.31. The second-order valence-corrected chi connectivity index (χ2v) is 3.08. The highest BCUT2D eigenvalue weighted by Crippen LogP contribution is 2.31. The minimum atomic E-state index is -0.00854. The summed E-state index contributed by atoms with van der Waals surface area (Å²) >= 11 is 5.45. The van der Waals surface area contributed by atoms with Crippen LogP contribution in [0.1, 0.15) is 26.2 Å². The van der Waals surface area contributed by atoms with E-state index in [9.17, 15) is 0 Å². The van der Waals surface area contributed by atoms with E-state index in [1.807, 2.05) is 6.08 Å². The van der Waals surface area contributed by atoms with Crippen LogP contribution in [0.25, 0.3) is 0 Å². The molecule has 0 aromatic rings. The van der Waals surface area contributed by atoms with Crippen molar-refractivity contribution in [1.29, 1.82) is 0 Å². The van der Waals surface area contributed by atoms with Crippen molar-refractivity contribution in [3.63, 3.8) is 0 Å². The molecule has 0 spiro atoms. The van der Waals surface area contributed by atoms with Crippen molar-refractivity contribution in [2.75, 3.05) is 6.61 Å². The van der Waals surface area contributed by atoms with Gasteiger partial charge in [-0.1, -0.05) is 24.6 Å². The predicted octanol–water partition coefficient (Wildman–Crippen LogP) is 2.90. The van der Waals surface area contributed by atoms with Gasteiger partial charge in [0.1, 0.15) is 0 Å². The zero-order valence-corrected chi connectivity index (χ0v) is 7.60. The highest BCUT2D eigenvalue weighted by molar-refractivity contribution is 6.25. The lowest BCUT2D eigenvalue weighted by Crippen LogP contribution is -2.25. The van der Waals surface area contributed by atoms with E-state index >= 15 is 0 Å². The van der Waals surface area contributed by atoms with Gasteiger partial charge >= 0.3 is 0 Å². The molecule has 1 saturated heterocycles. The van der Waals surface area contributed by atoms with Gasteiger partial charge in [0.15, 0.2) is 0 Å². The summed E-state index contributed by atoms with van der Waals surface area (Å²) in [6, 6.07) is 0. The third-order valence-corrected chi connectivity index (χ3v) is 2.35. The molecule has 0 aliphatic carbocycles. The Kier molecular flexibility index (Phi) is 3.41. The molecular weight excluding hydrogens is 160 g/mol. The first-order valence-electron chi connectivity index (χ1n) is 4.06. The maximum absolute atomic E-state index is 5.63. The van der Waals surface area contributed by atoms with E-state index in [4.69, 9.17) is 16.3 Å². The van der Waals surface area contributed by atoms with Crippen LogP contribution in [0, 0.1) is 6.42 Å². The normalized spacial score (nSPS) is 31.8. The Labute approximate surface area is 73.4 Å². The smallest absolute Gasteiger partial charge is 0.0747 e. The van der Waals surface area contributed by atoms with Gasteiger partial charge in [0.2, 0.25) is 0 Å². The lowest BCUT2D eigenvalue weighted by Gasteiger charge is -2.24. The molecule has 1 nitrogen and oxygen atoms in total. The number of rotatable bonds is 3. The van der Waals surface area contributed by atoms with Gasteiger partial charge in [-0.15, -0.1) is 0 Å². The Balaban J connectivity index is 2.45. The van der Waals surface area contributed by atoms with E-state index in [0.29, 0.717) is 0 Å². The molecule has 0 amide bonds. The zero-order chi connectivity index (χ0) is 8.16. The van der Waals surface area contributed by atoms with Crippen molar-refractivity contribution < 1.29 is 4.74 Å². The van der Waals surface area contributed by atoms with Crippen LogP contribution in [0.5, 0.6) is 0 Å². The zero-order valence-electron chi connectivity index (χ0n) is 6.85. The van der Waals surface area contributed by atoms with Gasteiger partial charge in [-0.2, -0.15) is 0 Å². The largest absolute Gasteiger partial charge is 0.374 e. The first kappa shape index (κ1) is 9.08. The molecule has 1 rings (SSSR count). The summed E-state index contributed by atoms with van der Waals surface area (Å²) < 4.78 is 5.63. The topological polar surface area (TPSA) is 9.23 Å². The second kappa shape index (κ2) is 4.13. The van der Waals surface area contributed by atoms with Crippen molar-refractivity contribution in [1.82, 2.24) is 0 Å². The lowest BCUT2D eigenvalue weighted by molar-refractivity contribution is 0.0219. The van der Waals surface area contributed by atoms with Crippen LogP contribution < -0.4 is 0 Å². The molecule has 0 aromatic carbocycles. The number of halogens is 1. The second-order valence-electron chi connectivity index (χ2n) is 2.83. The number of hydrogen-bond acceptors (Lipinski definition) is 1.